The van der Waals surface area contributed by atoms with E-state index in [-0.39, 0.29) is 0 Å². The zero-order valence-corrected chi connectivity index (χ0v) is 8.88. The number of halogens is 2. The second-order valence-corrected chi connectivity index (χ2v) is 4.38. The van der Waals surface area contributed by atoms with Crippen molar-refractivity contribution < 1.29 is 0 Å². The minimum atomic E-state index is 0.292. The quantitative estimate of drug-likeness (QED) is 0.750. The molecule has 1 fully saturated rings. The van der Waals surface area contributed by atoms with Crippen molar-refractivity contribution in [2.24, 2.45) is 0 Å². The van der Waals surface area contributed by atoms with Crippen molar-refractivity contribution >= 4 is 23.2 Å². The van der Waals surface area contributed by atoms with E-state index >= 15 is 0 Å². The molecule has 0 aromatic carbocycles. The van der Waals surface area contributed by atoms with Gasteiger partial charge in [-0.3, -0.25) is 0 Å². The van der Waals surface area contributed by atoms with Crippen molar-refractivity contribution in [1.82, 2.24) is 5.32 Å². The Morgan fingerprint density at radius 2 is 2.08 bits per heavy atom. The molecule has 0 unspecified atom stereocenters. The number of hydrogen-bond acceptors (Lipinski definition) is 1. The van der Waals surface area contributed by atoms with E-state index < -0.39 is 0 Å². The van der Waals surface area contributed by atoms with Crippen LogP contribution in [0.25, 0.3) is 0 Å². The fourth-order valence-electron chi connectivity index (χ4n) is 1.67. The Balaban J connectivity index is 2.30. The summed E-state index contributed by atoms with van der Waals surface area (Å²) in [7, 11) is 0. The summed E-state index contributed by atoms with van der Waals surface area (Å²) in [6.45, 7) is 2.94. The summed E-state index contributed by atoms with van der Waals surface area (Å²) in [6, 6.07) is 0. The molecule has 1 nitrogen and oxygen atoms in total. The molecule has 0 bridgehead atoms. The van der Waals surface area contributed by atoms with Gasteiger partial charge in [-0.2, -0.15) is 0 Å². The first kappa shape index (κ1) is 10.4. The summed E-state index contributed by atoms with van der Waals surface area (Å²) in [4.78, 5) is 0. The molecule has 1 N–H and O–H groups in total. The zero-order valence-electron chi connectivity index (χ0n) is 7.37. The molecule has 3 heteroatoms. The van der Waals surface area contributed by atoms with Gasteiger partial charge in [0.15, 0.2) is 0 Å². The molecular weight excluding hydrogens is 193 g/mol. The molecule has 0 radical (unpaired) electrons. The molecule has 0 saturated heterocycles. The highest BCUT2D eigenvalue weighted by molar-refractivity contribution is 6.36. The van der Waals surface area contributed by atoms with Crippen LogP contribution in [0.1, 0.15) is 32.6 Å². The van der Waals surface area contributed by atoms with Crippen LogP contribution in [-0.4, -0.2) is 12.1 Å². The molecule has 0 aromatic heterocycles. The topological polar surface area (TPSA) is 12.0 Å². The lowest BCUT2D eigenvalue weighted by molar-refractivity contribution is 0.381. The van der Waals surface area contributed by atoms with Gasteiger partial charge in [0.2, 0.25) is 0 Å². The molecule has 1 aliphatic rings. The highest BCUT2D eigenvalue weighted by Crippen LogP contribution is 2.28. The first-order chi connectivity index (χ1) is 5.66. The molecule has 0 spiro atoms. The summed E-state index contributed by atoms with van der Waals surface area (Å²) in [5.74, 6) is 0. The van der Waals surface area contributed by atoms with Crippen LogP contribution in [0.15, 0.2) is 10.6 Å². The van der Waals surface area contributed by atoms with Crippen LogP contribution in [0.3, 0.4) is 0 Å². The Morgan fingerprint density at radius 3 is 2.58 bits per heavy atom. The van der Waals surface area contributed by atoms with Gasteiger partial charge >= 0.3 is 0 Å². The van der Waals surface area contributed by atoms with Crippen molar-refractivity contribution in [1.29, 1.82) is 0 Å². The molecule has 1 saturated carbocycles. The smallest absolute Gasteiger partial charge is 0.0432 e. The second-order valence-electron chi connectivity index (χ2n) is 3.68. The zero-order chi connectivity index (χ0) is 9.03. The lowest BCUT2D eigenvalue weighted by Crippen LogP contribution is -2.40. The predicted molar refractivity (Wildman–Crippen MR) is 54.7 cm³/mol. The van der Waals surface area contributed by atoms with E-state index in [4.69, 9.17) is 23.2 Å². The number of nitrogens with one attached hydrogen (secondary N) is 1. The molecule has 0 amide bonds. The highest BCUT2D eigenvalue weighted by Gasteiger charge is 2.27. The fraction of sp³-hybridized carbons (Fsp3) is 0.778. The molecule has 12 heavy (non-hydrogen) atoms. The van der Waals surface area contributed by atoms with E-state index in [2.05, 4.69) is 12.2 Å². The molecule has 0 heterocycles. The molecule has 1 rings (SSSR count). The van der Waals surface area contributed by atoms with Gasteiger partial charge < -0.3 is 5.32 Å². The summed E-state index contributed by atoms with van der Waals surface area (Å²) in [5.41, 5.74) is 1.72. The molecule has 70 valence electrons. The van der Waals surface area contributed by atoms with Crippen LogP contribution in [-0.2, 0) is 0 Å². The molecule has 1 aliphatic carbocycles. The lowest BCUT2D eigenvalue weighted by Gasteiger charge is -2.24. The maximum Gasteiger partial charge on any atom is 0.0432 e. The van der Waals surface area contributed by atoms with Gasteiger partial charge in [0.25, 0.3) is 0 Å². The van der Waals surface area contributed by atoms with Crippen LogP contribution >= 0.6 is 23.2 Å². The summed E-state index contributed by atoms with van der Waals surface area (Å²) in [6.07, 6.45) is 5.15. The van der Waals surface area contributed by atoms with E-state index in [1.165, 1.54) is 31.2 Å². The molecular formula is C9H15Cl2N. The third kappa shape index (κ3) is 2.96. The average Bonchev–Trinajstić information content (AvgIpc) is 2.49. The number of rotatable bonds is 3. The van der Waals surface area contributed by atoms with Crippen LogP contribution in [0, 0.1) is 0 Å². The van der Waals surface area contributed by atoms with Crippen LogP contribution in [0.5, 0.6) is 0 Å². The van der Waals surface area contributed by atoms with Gasteiger partial charge in [-0.05, 0) is 19.8 Å². The largest absolute Gasteiger partial charge is 0.307 e. The maximum atomic E-state index is 5.77. The Kier molecular flexibility index (Phi) is 3.88. The SMILES string of the molecule is CC1(NCC(Cl)=CCl)CCCC1. The Hall–Kier alpha value is 0.280. The Bertz CT molecular complexity index is 171. The van der Waals surface area contributed by atoms with Crippen molar-refractivity contribution in [3.63, 3.8) is 0 Å². The van der Waals surface area contributed by atoms with Crippen molar-refractivity contribution in [2.45, 2.75) is 38.1 Å². The van der Waals surface area contributed by atoms with Crippen molar-refractivity contribution in [3.05, 3.63) is 10.6 Å². The Labute approximate surface area is 84.1 Å². The maximum absolute atomic E-state index is 5.77. The van der Waals surface area contributed by atoms with Gasteiger partial charge in [-0.1, -0.05) is 36.0 Å². The normalized spacial score (nSPS) is 23.1. The van der Waals surface area contributed by atoms with Gasteiger partial charge in [-0.25, -0.2) is 0 Å². The third-order valence-corrected chi connectivity index (χ3v) is 3.13. The second kappa shape index (κ2) is 4.50. The van der Waals surface area contributed by atoms with Crippen molar-refractivity contribution in [3.8, 4) is 0 Å². The standard InChI is InChI=1S/C9H15Cl2N/c1-9(4-2-3-5-9)12-7-8(11)6-10/h6,12H,2-5,7H2,1H3. The van der Waals surface area contributed by atoms with Crippen LogP contribution in [0.4, 0.5) is 0 Å². The van der Waals surface area contributed by atoms with Crippen LogP contribution < -0.4 is 5.32 Å². The third-order valence-electron chi connectivity index (χ3n) is 2.51. The molecule has 0 aromatic rings. The van der Waals surface area contributed by atoms with Crippen LogP contribution in [0.2, 0.25) is 0 Å². The fourth-order valence-corrected chi connectivity index (χ4v) is 1.81. The summed E-state index contributed by atoms with van der Waals surface area (Å²) in [5, 5.41) is 4.11. The molecule has 0 aliphatic heterocycles. The van der Waals surface area contributed by atoms with Crippen molar-refractivity contribution in [2.75, 3.05) is 6.54 Å². The van der Waals surface area contributed by atoms with E-state index in [1.807, 2.05) is 0 Å². The van der Waals surface area contributed by atoms with E-state index in [1.54, 1.807) is 0 Å². The van der Waals surface area contributed by atoms with Gasteiger partial charge in [-0.15, -0.1) is 0 Å². The number of hydrogen-bond donors (Lipinski definition) is 1. The highest BCUT2D eigenvalue weighted by atomic mass is 35.5. The average molecular weight is 208 g/mol. The molecule has 0 atom stereocenters. The predicted octanol–water partition coefficient (Wildman–Crippen LogP) is 3.23. The van der Waals surface area contributed by atoms with Gasteiger partial charge in [0.05, 0.1) is 0 Å². The van der Waals surface area contributed by atoms with E-state index in [0.29, 0.717) is 17.1 Å². The summed E-state index contributed by atoms with van der Waals surface area (Å²) < 4.78 is 0. The van der Waals surface area contributed by atoms with Gasteiger partial charge in [0, 0.05) is 22.7 Å². The first-order valence-corrected chi connectivity index (χ1v) is 5.17. The Morgan fingerprint density at radius 1 is 1.50 bits per heavy atom. The van der Waals surface area contributed by atoms with E-state index in [0.717, 1.165) is 0 Å². The monoisotopic (exact) mass is 207 g/mol. The lowest BCUT2D eigenvalue weighted by atomic mass is 10.0. The van der Waals surface area contributed by atoms with E-state index in [9.17, 15) is 0 Å². The summed E-state index contributed by atoms with van der Waals surface area (Å²) >= 11 is 11.2. The minimum absolute atomic E-state index is 0.292. The van der Waals surface area contributed by atoms with Gasteiger partial charge in [0.1, 0.15) is 0 Å². The first-order valence-electron chi connectivity index (χ1n) is 4.36. The minimum Gasteiger partial charge on any atom is -0.307 e.